The molecule has 0 spiro atoms. The van der Waals surface area contributed by atoms with Gasteiger partial charge in [-0.1, -0.05) is 41.7 Å². The lowest BCUT2D eigenvalue weighted by atomic mass is 9.94. The largest absolute Gasteiger partial charge is 0.507 e. The second-order valence-corrected chi connectivity index (χ2v) is 9.72. The summed E-state index contributed by atoms with van der Waals surface area (Å²) in [7, 11) is 1.29. The van der Waals surface area contributed by atoms with Crippen molar-refractivity contribution in [1.82, 2.24) is 4.98 Å². The topological polar surface area (TPSA) is 106 Å². The Hall–Kier alpha value is -4.50. The van der Waals surface area contributed by atoms with Gasteiger partial charge in [0.2, 0.25) is 0 Å². The number of fused-ring (bicyclic) bond motifs is 1. The third kappa shape index (κ3) is 4.41. The smallest absolute Gasteiger partial charge is 0.337 e. The molecule has 1 aliphatic heterocycles. The zero-order valence-electron chi connectivity index (χ0n) is 20.9. The van der Waals surface area contributed by atoms with E-state index in [2.05, 4.69) is 4.98 Å². The molecule has 38 heavy (non-hydrogen) atoms. The van der Waals surface area contributed by atoms with Gasteiger partial charge in [-0.15, -0.1) is 0 Å². The van der Waals surface area contributed by atoms with E-state index in [9.17, 15) is 19.5 Å². The number of aryl methyl sites for hydroxylation is 1. The minimum absolute atomic E-state index is 0.0788. The van der Waals surface area contributed by atoms with Gasteiger partial charge in [0.15, 0.2) is 5.13 Å². The lowest BCUT2D eigenvalue weighted by Gasteiger charge is -2.23. The highest BCUT2D eigenvalue weighted by atomic mass is 32.1. The van der Waals surface area contributed by atoms with E-state index in [-0.39, 0.29) is 11.3 Å². The number of hydrogen-bond acceptors (Lipinski definition) is 8. The number of carbonyl (C=O) groups excluding carboxylic acids is 3. The van der Waals surface area contributed by atoms with Crippen molar-refractivity contribution in [2.24, 2.45) is 0 Å². The number of aliphatic hydroxyl groups excluding tert-OH is 1. The number of Topliss-reactive ketones (excluding diaryl/α,β-unsaturated/α-hetero) is 1. The number of hydrogen-bond donors (Lipinski definition) is 1. The molecule has 1 aromatic heterocycles. The third-order valence-electron chi connectivity index (χ3n) is 6.25. The van der Waals surface area contributed by atoms with Crippen molar-refractivity contribution in [3.8, 4) is 5.75 Å². The van der Waals surface area contributed by atoms with E-state index in [4.69, 9.17) is 9.47 Å². The van der Waals surface area contributed by atoms with Crippen molar-refractivity contribution in [2.75, 3.05) is 18.6 Å². The molecule has 0 bridgehead atoms. The predicted octanol–water partition coefficient (Wildman–Crippen LogP) is 5.42. The molecule has 1 saturated heterocycles. The summed E-state index contributed by atoms with van der Waals surface area (Å²) in [5.41, 5.74) is 2.83. The second kappa shape index (κ2) is 10.1. The zero-order chi connectivity index (χ0) is 27.0. The van der Waals surface area contributed by atoms with Crippen molar-refractivity contribution in [3.63, 3.8) is 0 Å². The highest BCUT2D eigenvalue weighted by Gasteiger charge is 2.48. The molecule has 1 atom stereocenters. The quantitative estimate of drug-likeness (QED) is 0.154. The van der Waals surface area contributed by atoms with Gasteiger partial charge in [-0.2, -0.15) is 0 Å². The van der Waals surface area contributed by atoms with Crippen LogP contribution < -0.4 is 9.64 Å². The third-order valence-corrected chi connectivity index (χ3v) is 7.27. The Bertz CT molecular complexity index is 1610. The lowest BCUT2D eigenvalue weighted by molar-refractivity contribution is -0.132. The summed E-state index contributed by atoms with van der Waals surface area (Å²) in [6.07, 6.45) is 0. The van der Waals surface area contributed by atoms with Crippen LogP contribution in [-0.2, 0) is 14.3 Å². The van der Waals surface area contributed by atoms with E-state index in [0.29, 0.717) is 39.7 Å². The Morgan fingerprint density at radius 1 is 1.05 bits per heavy atom. The number of amides is 1. The number of nitrogens with zero attached hydrogens (tertiary/aromatic N) is 2. The van der Waals surface area contributed by atoms with Crippen LogP contribution in [0.4, 0.5) is 5.13 Å². The molecule has 3 aromatic carbocycles. The molecule has 8 nitrogen and oxygen atoms in total. The molecule has 0 aliphatic carbocycles. The predicted molar refractivity (Wildman–Crippen MR) is 145 cm³/mol. The molecule has 0 saturated carbocycles. The first-order chi connectivity index (χ1) is 18.3. The number of esters is 1. The summed E-state index contributed by atoms with van der Waals surface area (Å²) < 4.78 is 11.2. The fourth-order valence-corrected chi connectivity index (χ4v) is 5.53. The monoisotopic (exact) mass is 528 g/mol. The molecule has 1 amide bonds. The average Bonchev–Trinajstić information content (AvgIpc) is 3.45. The van der Waals surface area contributed by atoms with Crippen LogP contribution in [-0.4, -0.2) is 41.5 Å². The molecule has 1 fully saturated rings. The van der Waals surface area contributed by atoms with Gasteiger partial charge in [0, 0.05) is 5.56 Å². The van der Waals surface area contributed by atoms with Gasteiger partial charge in [0.1, 0.15) is 11.5 Å². The van der Waals surface area contributed by atoms with Crippen LogP contribution in [0, 0.1) is 6.92 Å². The van der Waals surface area contributed by atoms with Gasteiger partial charge in [0.05, 0.1) is 41.1 Å². The fourth-order valence-electron chi connectivity index (χ4n) is 4.44. The van der Waals surface area contributed by atoms with Crippen LogP contribution in [0.15, 0.2) is 72.3 Å². The highest BCUT2D eigenvalue weighted by molar-refractivity contribution is 7.22. The summed E-state index contributed by atoms with van der Waals surface area (Å²) >= 11 is 1.29. The van der Waals surface area contributed by atoms with Gasteiger partial charge in [0.25, 0.3) is 5.78 Å². The lowest BCUT2D eigenvalue weighted by Crippen LogP contribution is -2.29. The van der Waals surface area contributed by atoms with Crippen LogP contribution in [0.1, 0.15) is 40.0 Å². The Kier molecular flexibility index (Phi) is 6.69. The number of benzene rings is 3. The minimum Gasteiger partial charge on any atom is -0.507 e. The molecule has 1 N–H and O–H groups in total. The molecule has 9 heteroatoms. The van der Waals surface area contributed by atoms with Crippen LogP contribution in [0.3, 0.4) is 0 Å². The Morgan fingerprint density at radius 2 is 1.82 bits per heavy atom. The van der Waals surface area contributed by atoms with Gasteiger partial charge in [-0.25, -0.2) is 9.78 Å². The van der Waals surface area contributed by atoms with E-state index >= 15 is 0 Å². The molecular weight excluding hydrogens is 504 g/mol. The summed E-state index contributed by atoms with van der Waals surface area (Å²) in [4.78, 5) is 44.9. The number of rotatable bonds is 6. The number of aliphatic hydroxyl groups is 1. The first-order valence-electron chi connectivity index (χ1n) is 11.9. The van der Waals surface area contributed by atoms with Gasteiger partial charge in [-0.05, 0) is 61.4 Å². The van der Waals surface area contributed by atoms with E-state index in [1.54, 1.807) is 48.5 Å². The number of carbonyl (C=O) groups is 3. The second-order valence-electron chi connectivity index (χ2n) is 8.71. The van der Waals surface area contributed by atoms with E-state index in [1.807, 2.05) is 32.0 Å². The number of ketones is 1. The number of thiazole rings is 1. The van der Waals surface area contributed by atoms with Gasteiger partial charge in [-0.3, -0.25) is 14.5 Å². The number of ether oxygens (including phenoxy) is 2. The Balaban J connectivity index is 1.70. The molecule has 192 valence electrons. The van der Waals surface area contributed by atoms with Crippen LogP contribution >= 0.6 is 11.3 Å². The minimum atomic E-state index is -0.973. The van der Waals surface area contributed by atoms with Crippen LogP contribution in [0.2, 0.25) is 0 Å². The summed E-state index contributed by atoms with van der Waals surface area (Å²) in [5, 5.41) is 11.7. The van der Waals surface area contributed by atoms with Crippen molar-refractivity contribution >= 4 is 50.1 Å². The molecule has 1 aliphatic rings. The SMILES string of the molecule is CCOc1cccc(/C(O)=C2\C(=O)C(=O)N(c3nc4ccc(C)cc4s3)C2c2ccc(C(=O)OC)cc2)c1. The standard InChI is InChI=1S/C29H24N2O6S/c1-4-37-20-7-5-6-19(15-20)25(32)23-24(17-9-11-18(12-10-17)28(35)36-3)31(27(34)26(23)33)29-30-21-13-8-16(2)14-22(21)38-29/h5-15,24,32H,4H2,1-3H3/b25-23+. The van der Waals surface area contributed by atoms with Crippen molar-refractivity contribution in [1.29, 1.82) is 0 Å². The molecule has 2 heterocycles. The average molecular weight is 529 g/mol. The van der Waals surface area contributed by atoms with E-state index in [1.165, 1.54) is 23.3 Å². The fraction of sp³-hybridized carbons (Fsp3) is 0.172. The summed E-state index contributed by atoms with van der Waals surface area (Å²) in [6, 6.07) is 17.9. The van der Waals surface area contributed by atoms with Crippen LogP contribution in [0.5, 0.6) is 5.75 Å². The summed E-state index contributed by atoms with van der Waals surface area (Å²) in [6.45, 7) is 4.23. The maximum Gasteiger partial charge on any atom is 0.337 e. The van der Waals surface area contributed by atoms with E-state index in [0.717, 1.165) is 10.3 Å². The van der Waals surface area contributed by atoms with Gasteiger partial charge >= 0.3 is 11.9 Å². The number of anilines is 1. The Labute approximate surface area is 222 Å². The number of methoxy groups -OCH3 is 1. The maximum atomic E-state index is 13.5. The molecule has 4 aromatic rings. The van der Waals surface area contributed by atoms with Crippen molar-refractivity contribution in [3.05, 3.63) is 94.6 Å². The molecule has 5 rings (SSSR count). The zero-order valence-corrected chi connectivity index (χ0v) is 21.7. The first-order valence-corrected chi connectivity index (χ1v) is 12.7. The van der Waals surface area contributed by atoms with Crippen LogP contribution in [0.25, 0.3) is 16.0 Å². The first kappa shape index (κ1) is 25.2. The maximum absolute atomic E-state index is 13.5. The highest BCUT2D eigenvalue weighted by Crippen LogP contribution is 2.44. The molecule has 0 radical (unpaired) electrons. The van der Waals surface area contributed by atoms with Crippen molar-refractivity contribution in [2.45, 2.75) is 19.9 Å². The Morgan fingerprint density at radius 3 is 2.53 bits per heavy atom. The van der Waals surface area contributed by atoms with Gasteiger partial charge < -0.3 is 14.6 Å². The van der Waals surface area contributed by atoms with Crippen molar-refractivity contribution < 1.29 is 29.0 Å². The molecule has 1 unspecified atom stereocenters. The normalized spacial score (nSPS) is 16.7. The van der Waals surface area contributed by atoms with E-state index < -0.39 is 23.7 Å². The summed E-state index contributed by atoms with van der Waals surface area (Å²) in [5.74, 6) is -1.95. The molecular formula is C29H24N2O6S. The number of aromatic nitrogens is 1.